The Kier molecular flexibility index (Phi) is 6.73. The van der Waals surface area contributed by atoms with Crippen molar-refractivity contribution in [2.75, 3.05) is 13.7 Å². The minimum Gasteiger partial charge on any atom is -0.465 e. The fourth-order valence-electron chi connectivity index (χ4n) is 2.58. The fourth-order valence-corrected chi connectivity index (χ4v) is 3.65. The van der Waals surface area contributed by atoms with E-state index in [0.29, 0.717) is 6.42 Å². The lowest BCUT2D eigenvalue weighted by Crippen LogP contribution is -2.42. The zero-order valence-corrected chi connectivity index (χ0v) is 16.3. The van der Waals surface area contributed by atoms with Crippen molar-refractivity contribution < 1.29 is 22.7 Å². The second-order valence-corrected chi connectivity index (χ2v) is 7.77. The van der Waals surface area contributed by atoms with E-state index < -0.39 is 28.6 Å². The van der Waals surface area contributed by atoms with E-state index >= 15 is 0 Å². The minimum absolute atomic E-state index is 0.00255. The molecular weight excluding hydrogens is 370 g/mol. The van der Waals surface area contributed by atoms with E-state index in [9.17, 15) is 18.0 Å². The fraction of sp³-hybridized carbons (Fsp3) is 0.389. The number of nitrogens with one attached hydrogen (secondary N) is 1. The molecule has 0 aromatic heterocycles. The maximum Gasteiger partial charge on any atom is 0.344 e. The van der Waals surface area contributed by atoms with Crippen LogP contribution in [0.5, 0.6) is 0 Å². The molecule has 1 atom stereocenters. The van der Waals surface area contributed by atoms with Crippen LogP contribution in [0.4, 0.5) is 0 Å². The highest BCUT2D eigenvalue weighted by Gasteiger charge is 2.30. The summed E-state index contributed by atoms with van der Waals surface area (Å²) >= 11 is 0. The van der Waals surface area contributed by atoms with E-state index in [-0.39, 0.29) is 17.3 Å². The van der Waals surface area contributed by atoms with Gasteiger partial charge in [-0.1, -0.05) is 30.3 Å². The molecule has 1 aliphatic rings. The zero-order chi connectivity index (χ0) is 20.0. The number of aryl methyl sites for hydroxylation is 1. The van der Waals surface area contributed by atoms with Crippen LogP contribution < -0.4 is 5.32 Å². The molecule has 0 saturated carbocycles. The van der Waals surface area contributed by atoms with E-state index in [0.717, 1.165) is 22.5 Å². The van der Waals surface area contributed by atoms with Gasteiger partial charge in [-0.05, 0) is 32.3 Å². The summed E-state index contributed by atoms with van der Waals surface area (Å²) in [4.78, 5) is 24.0. The second kappa shape index (κ2) is 8.81. The summed E-state index contributed by atoms with van der Waals surface area (Å²) in [7, 11) is -2.87. The van der Waals surface area contributed by atoms with Crippen LogP contribution in [0.2, 0.25) is 0 Å². The topological polar surface area (TPSA) is 105 Å². The SMILES string of the molecule is COC(=O)C1=CN(CC(=O)N[C@H](C)CCc2ccccc2)S(=O)(=O)N=C1C. The minimum atomic E-state index is -4.06. The third-order valence-corrected chi connectivity index (χ3v) is 5.36. The summed E-state index contributed by atoms with van der Waals surface area (Å²) in [5.74, 6) is -1.19. The molecule has 0 bridgehead atoms. The number of benzene rings is 1. The number of hydrogen-bond acceptors (Lipinski definition) is 5. The molecule has 0 fully saturated rings. The Bertz CT molecular complexity index is 862. The van der Waals surface area contributed by atoms with E-state index in [4.69, 9.17) is 0 Å². The number of methoxy groups -OCH3 is 1. The van der Waals surface area contributed by atoms with Crippen molar-refractivity contribution in [2.45, 2.75) is 32.7 Å². The van der Waals surface area contributed by atoms with E-state index in [1.165, 1.54) is 14.0 Å². The standard InChI is InChI=1S/C18H23N3O5S/c1-13(9-10-15-7-5-4-6-8-15)19-17(22)12-21-11-16(18(23)26-3)14(2)20-27(21,24)25/h4-8,11,13H,9-10,12H2,1-3H3,(H,19,22)/t13-/m1/s1. The lowest BCUT2D eigenvalue weighted by Gasteiger charge is -2.23. The molecule has 1 heterocycles. The molecule has 8 nitrogen and oxygen atoms in total. The number of amides is 1. The van der Waals surface area contributed by atoms with Crippen LogP contribution >= 0.6 is 0 Å². The average molecular weight is 393 g/mol. The number of rotatable bonds is 7. The predicted molar refractivity (Wildman–Crippen MR) is 101 cm³/mol. The normalized spacial score (nSPS) is 16.8. The van der Waals surface area contributed by atoms with Gasteiger partial charge in [-0.3, -0.25) is 4.79 Å². The third kappa shape index (κ3) is 5.65. The first-order chi connectivity index (χ1) is 12.7. The molecule has 9 heteroatoms. The first-order valence-electron chi connectivity index (χ1n) is 8.45. The molecule has 0 radical (unpaired) electrons. The average Bonchev–Trinajstić information content (AvgIpc) is 2.62. The van der Waals surface area contributed by atoms with Crippen molar-refractivity contribution in [3.8, 4) is 0 Å². The summed E-state index contributed by atoms with van der Waals surface area (Å²) in [6.45, 7) is 2.78. The molecule has 0 saturated heterocycles. The predicted octanol–water partition coefficient (Wildman–Crippen LogP) is 1.20. The summed E-state index contributed by atoms with van der Waals surface area (Å²) in [5, 5.41) is 2.77. The number of esters is 1. The Morgan fingerprint density at radius 3 is 2.56 bits per heavy atom. The molecule has 2 rings (SSSR count). The number of carbonyl (C=O) groups excluding carboxylic acids is 2. The zero-order valence-electron chi connectivity index (χ0n) is 15.5. The smallest absolute Gasteiger partial charge is 0.344 e. The first-order valence-corrected chi connectivity index (χ1v) is 9.84. The van der Waals surface area contributed by atoms with Crippen LogP contribution in [-0.2, 0) is 31.0 Å². The monoisotopic (exact) mass is 393 g/mol. The maximum absolute atomic E-state index is 12.2. The highest BCUT2D eigenvalue weighted by molar-refractivity contribution is 7.88. The van der Waals surface area contributed by atoms with Crippen molar-refractivity contribution in [1.82, 2.24) is 9.62 Å². The quantitative estimate of drug-likeness (QED) is 0.701. The van der Waals surface area contributed by atoms with Crippen LogP contribution in [0.15, 0.2) is 46.5 Å². The molecule has 1 amide bonds. The molecule has 0 unspecified atom stereocenters. The maximum atomic E-state index is 12.2. The summed E-state index contributed by atoms with van der Waals surface area (Å²) in [5.41, 5.74) is 1.18. The van der Waals surface area contributed by atoms with E-state index in [2.05, 4.69) is 14.5 Å². The number of ether oxygens (including phenoxy) is 1. The van der Waals surface area contributed by atoms with Gasteiger partial charge in [0.05, 0.1) is 18.4 Å². The second-order valence-electron chi connectivity index (χ2n) is 6.23. The summed E-state index contributed by atoms with van der Waals surface area (Å²) in [6.07, 6.45) is 2.58. The lowest BCUT2D eigenvalue weighted by molar-refractivity contribution is -0.135. The van der Waals surface area contributed by atoms with Gasteiger partial charge < -0.3 is 10.1 Å². The van der Waals surface area contributed by atoms with Gasteiger partial charge in [-0.15, -0.1) is 4.40 Å². The molecule has 146 valence electrons. The van der Waals surface area contributed by atoms with Gasteiger partial charge in [-0.2, -0.15) is 8.42 Å². The third-order valence-electron chi connectivity index (χ3n) is 4.03. The van der Waals surface area contributed by atoms with Gasteiger partial charge in [0, 0.05) is 12.2 Å². The largest absolute Gasteiger partial charge is 0.465 e. The van der Waals surface area contributed by atoms with E-state index in [1.54, 1.807) is 0 Å². The molecule has 1 aliphatic heterocycles. The van der Waals surface area contributed by atoms with Gasteiger partial charge >= 0.3 is 16.2 Å². The number of carbonyl (C=O) groups is 2. The van der Waals surface area contributed by atoms with Crippen molar-refractivity contribution >= 4 is 27.8 Å². The Morgan fingerprint density at radius 1 is 1.26 bits per heavy atom. The van der Waals surface area contributed by atoms with Gasteiger partial charge in [-0.25, -0.2) is 9.10 Å². The van der Waals surface area contributed by atoms with Crippen molar-refractivity contribution in [3.63, 3.8) is 0 Å². The van der Waals surface area contributed by atoms with Gasteiger partial charge in [0.15, 0.2) is 0 Å². The lowest BCUT2D eigenvalue weighted by atomic mass is 10.1. The van der Waals surface area contributed by atoms with Crippen molar-refractivity contribution in [2.24, 2.45) is 4.40 Å². The highest BCUT2D eigenvalue weighted by Crippen LogP contribution is 2.17. The Morgan fingerprint density at radius 2 is 1.93 bits per heavy atom. The molecule has 27 heavy (non-hydrogen) atoms. The highest BCUT2D eigenvalue weighted by atomic mass is 32.2. The summed E-state index contributed by atoms with van der Waals surface area (Å²) < 4.78 is 33.2. The van der Waals surface area contributed by atoms with Crippen LogP contribution in [0, 0.1) is 0 Å². The summed E-state index contributed by atoms with van der Waals surface area (Å²) in [6, 6.07) is 9.72. The van der Waals surface area contributed by atoms with Gasteiger partial charge in [0.25, 0.3) is 0 Å². The number of nitrogens with zero attached hydrogens (tertiary/aromatic N) is 2. The molecule has 1 aromatic rings. The Hall–Kier alpha value is -2.68. The Labute approximate surface area is 159 Å². The first kappa shape index (κ1) is 20.6. The van der Waals surface area contributed by atoms with E-state index in [1.807, 2.05) is 37.3 Å². The Balaban J connectivity index is 1.97. The van der Waals surface area contributed by atoms with Crippen molar-refractivity contribution in [1.29, 1.82) is 0 Å². The van der Waals surface area contributed by atoms with Crippen LogP contribution in [0.25, 0.3) is 0 Å². The van der Waals surface area contributed by atoms with Crippen LogP contribution in [-0.4, -0.2) is 50.0 Å². The molecular formula is C18H23N3O5S. The van der Waals surface area contributed by atoms with Gasteiger partial charge in [0.1, 0.15) is 6.54 Å². The van der Waals surface area contributed by atoms with Crippen molar-refractivity contribution in [3.05, 3.63) is 47.7 Å². The molecule has 1 aromatic carbocycles. The molecule has 1 N–H and O–H groups in total. The molecule has 0 aliphatic carbocycles. The van der Waals surface area contributed by atoms with Crippen LogP contribution in [0.3, 0.4) is 0 Å². The molecule has 0 spiro atoms. The van der Waals surface area contributed by atoms with Gasteiger partial charge in [0.2, 0.25) is 5.91 Å². The van der Waals surface area contributed by atoms with Crippen LogP contribution in [0.1, 0.15) is 25.8 Å². The number of hydrogen-bond donors (Lipinski definition) is 1.